The zero-order valence-corrected chi connectivity index (χ0v) is 8.63. The number of hydrogen-bond donors (Lipinski definition) is 0. The van der Waals surface area contributed by atoms with Gasteiger partial charge < -0.3 is 14.3 Å². The number of ether oxygens (including phenoxy) is 2. The lowest BCUT2D eigenvalue weighted by Gasteiger charge is -2.10. The summed E-state index contributed by atoms with van der Waals surface area (Å²) >= 11 is 0. The molecule has 0 saturated heterocycles. The Bertz CT molecular complexity index is 341. The van der Waals surface area contributed by atoms with Crippen LogP contribution in [0.3, 0.4) is 0 Å². The molecule has 0 aromatic heterocycles. The molecule has 0 unspecified atom stereocenters. The largest absolute Gasteiger partial charge is 0.496 e. The molecule has 14 heavy (non-hydrogen) atoms. The van der Waals surface area contributed by atoms with Crippen LogP contribution in [0.5, 0.6) is 11.5 Å². The fourth-order valence-corrected chi connectivity index (χ4v) is 1.32. The maximum absolute atomic E-state index is 6.79. The molecule has 1 rings (SSSR count). The van der Waals surface area contributed by atoms with Gasteiger partial charge in [0.1, 0.15) is 11.5 Å². The Hall–Kier alpha value is -1.69. The van der Waals surface area contributed by atoms with E-state index in [0.29, 0.717) is 6.54 Å². The molecule has 0 fully saturated rings. The third kappa shape index (κ3) is 1.97. The summed E-state index contributed by atoms with van der Waals surface area (Å²) in [6, 6.07) is 3.74. The van der Waals surface area contributed by atoms with Gasteiger partial charge >= 0.3 is 0 Å². The zero-order valence-electron chi connectivity index (χ0n) is 8.63. The van der Waals surface area contributed by atoms with E-state index in [1.165, 1.54) is 0 Å². The van der Waals surface area contributed by atoms with Crippen molar-refractivity contribution < 1.29 is 9.47 Å². The second-order valence-electron chi connectivity index (χ2n) is 2.94. The van der Waals surface area contributed by atoms with Crippen LogP contribution in [0, 0.1) is 13.5 Å². The van der Waals surface area contributed by atoms with Crippen molar-refractivity contribution in [3.63, 3.8) is 0 Å². The summed E-state index contributed by atoms with van der Waals surface area (Å²) in [6.45, 7) is 9.08. The second-order valence-corrected chi connectivity index (χ2v) is 2.94. The average molecular weight is 191 g/mol. The first-order chi connectivity index (χ1) is 6.72. The lowest BCUT2D eigenvalue weighted by Crippen LogP contribution is -1.94. The van der Waals surface area contributed by atoms with Crippen molar-refractivity contribution in [3.05, 3.63) is 34.7 Å². The molecular formula is C11H13NO2. The van der Waals surface area contributed by atoms with E-state index in [4.69, 9.17) is 16.0 Å². The van der Waals surface area contributed by atoms with Crippen LogP contribution in [-0.2, 0) is 6.54 Å². The molecule has 1 aromatic rings. The molecular weight excluding hydrogens is 178 g/mol. The first kappa shape index (κ1) is 10.4. The Labute approximate surface area is 84.1 Å². The van der Waals surface area contributed by atoms with Gasteiger partial charge in [-0.05, 0) is 19.1 Å². The minimum atomic E-state index is 0.354. The Morgan fingerprint density at radius 1 is 1.21 bits per heavy atom. The van der Waals surface area contributed by atoms with E-state index < -0.39 is 0 Å². The van der Waals surface area contributed by atoms with Crippen molar-refractivity contribution in [1.29, 1.82) is 0 Å². The molecule has 0 spiro atoms. The smallest absolute Gasteiger partial charge is 0.240 e. The van der Waals surface area contributed by atoms with Gasteiger partial charge in [0.05, 0.1) is 14.2 Å². The maximum Gasteiger partial charge on any atom is 0.240 e. The summed E-state index contributed by atoms with van der Waals surface area (Å²) in [5.41, 5.74) is 1.88. The average Bonchev–Trinajstić information content (AvgIpc) is 2.20. The minimum Gasteiger partial charge on any atom is -0.496 e. The molecule has 1 aromatic carbocycles. The predicted octanol–water partition coefficient (Wildman–Crippen LogP) is 2.43. The number of benzene rings is 1. The molecule has 3 nitrogen and oxygen atoms in total. The highest BCUT2D eigenvalue weighted by atomic mass is 16.5. The number of hydrogen-bond acceptors (Lipinski definition) is 2. The summed E-state index contributed by atoms with van der Waals surface area (Å²) in [4.78, 5) is 3.33. The Morgan fingerprint density at radius 3 is 2.07 bits per heavy atom. The normalized spacial score (nSPS) is 9.29. The lowest BCUT2D eigenvalue weighted by molar-refractivity contribution is 0.388. The molecule has 0 bridgehead atoms. The highest BCUT2D eigenvalue weighted by Gasteiger charge is 2.08. The Morgan fingerprint density at radius 2 is 1.71 bits per heavy atom. The van der Waals surface area contributed by atoms with Gasteiger partial charge in [-0.1, -0.05) is 0 Å². The van der Waals surface area contributed by atoms with Crippen LogP contribution in [0.25, 0.3) is 4.85 Å². The molecule has 0 saturated carbocycles. The summed E-state index contributed by atoms with van der Waals surface area (Å²) in [7, 11) is 3.23. The quantitative estimate of drug-likeness (QED) is 0.685. The van der Waals surface area contributed by atoms with Crippen LogP contribution in [0.1, 0.15) is 11.1 Å². The SMILES string of the molecule is [C-]#[N+]Cc1cc(OC)c(C)c(OC)c1. The third-order valence-corrected chi connectivity index (χ3v) is 2.07. The second kappa shape index (κ2) is 4.52. The van der Waals surface area contributed by atoms with E-state index >= 15 is 0 Å². The van der Waals surface area contributed by atoms with Crippen molar-refractivity contribution in [2.24, 2.45) is 0 Å². The van der Waals surface area contributed by atoms with Crippen LogP contribution in [0.4, 0.5) is 0 Å². The van der Waals surface area contributed by atoms with Crippen LogP contribution in [0.15, 0.2) is 12.1 Å². The zero-order chi connectivity index (χ0) is 10.6. The fourth-order valence-electron chi connectivity index (χ4n) is 1.32. The minimum absolute atomic E-state index is 0.354. The van der Waals surface area contributed by atoms with Gasteiger partial charge in [0.2, 0.25) is 6.54 Å². The summed E-state index contributed by atoms with van der Waals surface area (Å²) < 4.78 is 10.4. The van der Waals surface area contributed by atoms with Crippen LogP contribution in [-0.4, -0.2) is 14.2 Å². The fraction of sp³-hybridized carbons (Fsp3) is 0.364. The van der Waals surface area contributed by atoms with Crippen molar-refractivity contribution >= 4 is 0 Å². The van der Waals surface area contributed by atoms with Crippen molar-refractivity contribution in [1.82, 2.24) is 0 Å². The van der Waals surface area contributed by atoms with Gasteiger partial charge in [0.25, 0.3) is 0 Å². The molecule has 0 heterocycles. The van der Waals surface area contributed by atoms with Crippen LogP contribution in [0.2, 0.25) is 0 Å². The first-order valence-electron chi connectivity index (χ1n) is 4.27. The van der Waals surface area contributed by atoms with Crippen molar-refractivity contribution in [3.8, 4) is 11.5 Å². The van der Waals surface area contributed by atoms with E-state index in [1.807, 2.05) is 19.1 Å². The van der Waals surface area contributed by atoms with Gasteiger partial charge in [-0.3, -0.25) is 0 Å². The highest BCUT2D eigenvalue weighted by Crippen LogP contribution is 2.29. The molecule has 3 heteroatoms. The predicted molar refractivity (Wildman–Crippen MR) is 54.6 cm³/mol. The third-order valence-electron chi connectivity index (χ3n) is 2.07. The van der Waals surface area contributed by atoms with Gasteiger partial charge in [-0.25, -0.2) is 6.57 Å². The lowest BCUT2D eigenvalue weighted by atomic mass is 10.1. The molecule has 0 aliphatic rings. The monoisotopic (exact) mass is 191 g/mol. The molecule has 0 radical (unpaired) electrons. The van der Waals surface area contributed by atoms with Crippen molar-refractivity contribution in [2.75, 3.05) is 14.2 Å². The molecule has 0 N–H and O–H groups in total. The molecule has 0 amide bonds. The summed E-state index contributed by atoms with van der Waals surface area (Å²) in [5, 5.41) is 0. The van der Waals surface area contributed by atoms with E-state index in [-0.39, 0.29) is 0 Å². The highest BCUT2D eigenvalue weighted by molar-refractivity contribution is 5.47. The van der Waals surface area contributed by atoms with E-state index in [1.54, 1.807) is 14.2 Å². The Balaban J connectivity index is 3.19. The van der Waals surface area contributed by atoms with E-state index in [2.05, 4.69) is 4.85 Å². The van der Waals surface area contributed by atoms with E-state index in [9.17, 15) is 0 Å². The maximum atomic E-state index is 6.79. The van der Waals surface area contributed by atoms with Gasteiger partial charge in [-0.15, -0.1) is 0 Å². The van der Waals surface area contributed by atoms with E-state index in [0.717, 1.165) is 22.6 Å². The molecule has 0 aliphatic carbocycles. The summed E-state index contributed by atoms with van der Waals surface area (Å²) in [6.07, 6.45) is 0. The topological polar surface area (TPSA) is 22.8 Å². The van der Waals surface area contributed by atoms with Gasteiger partial charge in [0.15, 0.2) is 0 Å². The van der Waals surface area contributed by atoms with Crippen molar-refractivity contribution in [2.45, 2.75) is 13.5 Å². The van der Waals surface area contributed by atoms with Crippen LogP contribution >= 0.6 is 0 Å². The number of nitrogens with zero attached hydrogens (tertiary/aromatic N) is 1. The summed E-state index contributed by atoms with van der Waals surface area (Å²) in [5.74, 6) is 1.53. The number of rotatable bonds is 3. The van der Waals surface area contributed by atoms with Gasteiger partial charge in [0, 0.05) is 11.1 Å². The first-order valence-corrected chi connectivity index (χ1v) is 4.27. The van der Waals surface area contributed by atoms with Crippen LogP contribution < -0.4 is 9.47 Å². The standard InChI is InChI=1S/C11H13NO2/c1-8-10(13-3)5-9(7-12-2)6-11(8)14-4/h5-6H,7H2,1,3-4H3. The molecule has 0 atom stereocenters. The molecule has 0 aliphatic heterocycles. The Kier molecular flexibility index (Phi) is 3.35. The molecule has 74 valence electrons. The van der Waals surface area contributed by atoms with Gasteiger partial charge in [-0.2, -0.15) is 0 Å². The number of methoxy groups -OCH3 is 2.